The molecule has 0 unspecified atom stereocenters. The summed E-state index contributed by atoms with van der Waals surface area (Å²) in [6.07, 6.45) is 0.779. The van der Waals surface area contributed by atoms with Crippen molar-refractivity contribution in [2.45, 2.75) is 6.42 Å². The van der Waals surface area contributed by atoms with Gasteiger partial charge in [0.25, 0.3) is 0 Å². The van der Waals surface area contributed by atoms with Crippen molar-refractivity contribution in [2.24, 2.45) is 0 Å². The Kier molecular flexibility index (Phi) is 5.42. The highest BCUT2D eigenvalue weighted by atomic mass is 16.5. The lowest BCUT2D eigenvalue weighted by Crippen LogP contribution is -2.30. The summed E-state index contributed by atoms with van der Waals surface area (Å²) in [5.41, 5.74) is 4.18. The van der Waals surface area contributed by atoms with E-state index in [0.29, 0.717) is 12.4 Å². The Bertz CT molecular complexity index is 1100. The molecule has 2 amide bonds. The average Bonchev–Trinajstić information content (AvgIpc) is 3.16. The lowest BCUT2D eigenvalue weighted by atomic mass is 10.0. The molecular formula is C23H22N4O2. The average molecular weight is 386 g/mol. The molecule has 0 radical (unpaired) electrons. The topological polar surface area (TPSA) is 79.0 Å². The highest BCUT2D eigenvalue weighted by molar-refractivity contribution is 6.00. The molecule has 4 rings (SSSR count). The molecule has 29 heavy (non-hydrogen) atoms. The maximum Gasteiger partial charge on any atom is 0.320 e. The molecule has 6 heteroatoms. The van der Waals surface area contributed by atoms with Gasteiger partial charge in [0.15, 0.2) is 5.82 Å². The van der Waals surface area contributed by atoms with E-state index in [2.05, 4.69) is 20.8 Å². The van der Waals surface area contributed by atoms with Gasteiger partial charge in [-0.15, -0.1) is 0 Å². The van der Waals surface area contributed by atoms with E-state index in [0.717, 1.165) is 34.2 Å². The van der Waals surface area contributed by atoms with Crippen LogP contribution in [0.25, 0.3) is 22.0 Å². The van der Waals surface area contributed by atoms with Gasteiger partial charge in [-0.1, -0.05) is 48.5 Å². The lowest BCUT2D eigenvalue weighted by molar-refractivity contribution is 0.252. The fourth-order valence-corrected chi connectivity index (χ4v) is 3.19. The Morgan fingerprint density at radius 2 is 1.76 bits per heavy atom. The smallest absolute Gasteiger partial charge is 0.320 e. The Morgan fingerprint density at radius 3 is 2.52 bits per heavy atom. The first kappa shape index (κ1) is 18.6. The van der Waals surface area contributed by atoms with Crippen LogP contribution in [0.1, 0.15) is 5.56 Å². The minimum Gasteiger partial charge on any atom is -0.497 e. The summed E-state index contributed by atoms with van der Waals surface area (Å²) >= 11 is 0. The maximum absolute atomic E-state index is 12.2. The number of methoxy groups -OCH3 is 1. The van der Waals surface area contributed by atoms with Gasteiger partial charge in [0, 0.05) is 11.9 Å². The number of aromatic amines is 1. The minimum atomic E-state index is -0.270. The number of hydrogen-bond donors (Lipinski definition) is 3. The van der Waals surface area contributed by atoms with Gasteiger partial charge in [-0.05, 0) is 47.4 Å². The van der Waals surface area contributed by atoms with Crippen LogP contribution in [0.15, 0.2) is 72.8 Å². The number of urea groups is 1. The minimum absolute atomic E-state index is 0.270. The van der Waals surface area contributed by atoms with Gasteiger partial charge in [-0.25, -0.2) is 4.79 Å². The molecule has 0 bridgehead atoms. The Balaban J connectivity index is 1.41. The SMILES string of the molecule is COc1ccc(-c2ccc3c(NC(=O)NCCc4ccccc4)n[nH]c3c2)cc1. The molecule has 0 aliphatic carbocycles. The van der Waals surface area contributed by atoms with Crippen molar-refractivity contribution >= 4 is 22.8 Å². The largest absolute Gasteiger partial charge is 0.497 e. The van der Waals surface area contributed by atoms with E-state index in [4.69, 9.17) is 4.74 Å². The number of H-pyrrole nitrogens is 1. The second-order valence-corrected chi connectivity index (χ2v) is 6.68. The first-order valence-electron chi connectivity index (χ1n) is 9.44. The summed E-state index contributed by atoms with van der Waals surface area (Å²) in [4.78, 5) is 12.2. The third kappa shape index (κ3) is 4.38. The standard InChI is InChI=1S/C23H22N4O2/c1-29-19-10-7-17(8-11-19)18-9-12-20-21(15-18)26-27-22(20)25-23(28)24-14-13-16-5-3-2-4-6-16/h2-12,15H,13-14H2,1H3,(H3,24,25,26,27,28). The number of fused-ring (bicyclic) bond motifs is 1. The molecular weight excluding hydrogens is 364 g/mol. The molecule has 6 nitrogen and oxygen atoms in total. The normalized spacial score (nSPS) is 10.7. The van der Waals surface area contributed by atoms with Crippen molar-refractivity contribution in [1.82, 2.24) is 15.5 Å². The third-order valence-electron chi connectivity index (χ3n) is 4.76. The second-order valence-electron chi connectivity index (χ2n) is 6.68. The molecule has 0 saturated carbocycles. The van der Waals surface area contributed by atoms with Gasteiger partial charge in [-0.3, -0.25) is 10.4 Å². The number of carbonyl (C=O) groups is 1. The van der Waals surface area contributed by atoms with Crippen molar-refractivity contribution in [2.75, 3.05) is 19.0 Å². The van der Waals surface area contributed by atoms with Crippen LogP contribution in [0.2, 0.25) is 0 Å². The molecule has 1 heterocycles. The fourth-order valence-electron chi connectivity index (χ4n) is 3.19. The molecule has 0 spiro atoms. The van der Waals surface area contributed by atoms with Gasteiger partial charge >= 0.3 is 6.03 Å². The monoisotopic (exact) mass is 386 g/mol. The fraction of sp³-hybridized carbons (Fsp3) is 0.130. The van der Waals surface area contributed by atoms with Crippen LogP contribution in [-0.2, 0) is 6.42 Å². The molecule has 3 aromatic carbocycles. The number of benzene rings is 3. The number of ether oxygens (including phenoxy) is 1. The van der Waals surface area contributed by atoms with Crippen LogP contribution in [0.4, 0.5) is 10.6 Å². The van der Waals surface area contributed by atoms with Crippen LogP contribution in [0, 0.1) is 0 Å². The first-order chi connectivity index (χ1) is 14.2. The number of rotatable bonds is 6. The molecule has 0 aliphatic rings. The summed E-state index contributed by atoms with van der Waals surface area (Å²) in [5.74, 6) is 1.33. The summed E-state index contributed by atoms with van der Waals surface area (Å²) in [5, 5.41) is 13.8. The van der Waals surface area contributed by atoms with Crippen LogP contribution >= 0.6 is 0 Å². The van der Waals surface area contributed by atoms with Crippen molar-refractivity contribution in [1.29, 1.82) is 0 Å². The number of nitrogens with one attached hydrogen (secondary N) is 3. The van der Waals surface area contributed by atoms with E-state index in [-0.39, 0.29) is 6.03 Å². The maximum atomic E-state index is 12.2. The zero-order valence-corrected chi connectivity index (χ0v) is 16.1. The molecule has 146 valence electrons. The van der Waals surface area contributed by atoms with Crippen LogP contribution in [0.5, 0.6) is 5.75 Å². The summed E-state index contributed by atoms with van der Waals surface area (Å²) in [6.45, 7) is 0.555. The molecule has 4 aromatic rings. The predicted molar refractivity (Wildman–Crippen MR) is 115 cm³/mol. The van der Waals surface area contributed by atoms with Gasteiger partial charge in [0.2, 0.25) is 0 Å². The van der Waals surface area contributed by atoms with E-state index in [1.54, 1.807) is 7.11 Å². The van der Waals surface area contributed by atoms with Crippen LogP contribution in [-0.4, -0.2) is 29.9 Å². The molecule has 1 aromatic heterocycles. The second kappa shape index (κ2) is 8.48. The number of amides is 2. The van der Waals surface area contributed by atoms with Crippen molar-refractivity contribution in [3.05, 3.63) is 78.4 Å². The van der Waals surface area contributed by atoms with E-state index in [9.17, 15) is 4.79 Å². The van der Waals surface area contributed by atoms with Crippen LogP contribution in [0.3, 0.4) is 0 Å². The number of aromatic nitrogens is 2. The van der Waals surface area contributed by atoms with E-state index >= 15 is 0 Å². The predicted octanol–water partition coefficient (Wildman–Crippen LogP) is 4.60. The summed E-state index contributed by atoms with van der Waals surface area (Å²) in [7, 11) is 1.65. The van der Waals surface area contributed by atoms with E-state index < -0.39 is 0 Å². The zero-order valence-electron chi connectivity index (χ0n) is 16.1. The summed E-state index contributed by atoms with van der Waals surface area (Å²) in [6, 6.07) is 23.6. The Labute approximate surface area is 168 Å². The van der Waals surface area contributed by atoms with Gasteiger partial charge in [-0.2, -0.15) is 5.10 Å². The number of anilines is 1. The zero-order chi connectivity index (χ0) is 20.1. The lowest BCUT2D eigenvalue weighted by Gasteiger charge is -2.07. The number of nitrogens with zero attached hydrogens (tertiary/aromatic N) is 1. The van der Waals surface area contributed by atoms with Crippen molar-refractivity contribution in [3.8, 4) is 16.9 Å². The number of hydrogen-bond acceptors (Lipinski definition) is 3. The molecule has 0 fully saturated rings. The Hall–Kier alpha value is -3.80. The van der Waals surface area contributed by atoms with E-state index in [1.165, 1.54) is 5.56 Å². The van der Waals surface area contributed by atoms with Crippen molar-refractivity contribution in [3.63, 3.8) is 0 Å². The van der Waals surface area contributed by atoms with Gasteiger partial charge < -0.3 is 10.1 Å². The Morgan fingerprint density at radius 1 is 1.00 bits per heavy atom. The van der Waals surface area contributed by atoms with Gasteiger partial charge in [0.1, 0.15) is 5.75 Å². The molecule has 3 N–H and O–H groups in total. The quantitative estimate of drug-likeness (QED) is 0.453. The molecule has 0 aliphatic heterocycles. The van der Waals surface area contributed by atoms with Gasteiger partial charge in [0.05, 0.1) is 12.6 Å². The van der Waals surface area contributed by atoms with E-state index in [1.807, 2.05) is 72.8 Å². The number of carbonyl (C=O) groups excluding carboxylic acids is 1. The van der Waals surface area contributed by atoms with Crippen LogP contribution < -0.4 is 15.4 Å². The summed E-state index contributed by atoms with van der Waals surface area (Å²) < 4.78 is 5.21. The molecule has 0 saturated heterocycles. The first-order valence-corrected chi connectivity index (χ1v) is 9.44. The third-order valence-corrected chi connectivity index (χ3v) is 4.76. The van der Waals surface area contributed by atoms with Crippen molar-refractivity contribution < 1.29 is 9.53 Å². The highest BCUT2D eigenvalue weighted by Gasteiger charge is 2.10. The highest BCUT2D eigenvalue weighted by Crippen LogP contribution is 2.28. The molecule has 0 atom stereocenters.